The molecule has 0 bridgehead atoms. The second kappa shape index (κ2) is 6.00. The van der Waals surface area contributed by atoms with Crippen molar-refractivity contribution >= 4 is 5.91 Å². The number of hydrogen-bond acceptors (Lipinski definition) is 2. The molecule has 0 aliphatic carbocycles. The largest absolute Gasteiger partial charge is 0.338 e. The van der Waals surface area contributed by atoms with Crippen molar-refractivity contribution in [2.75, 3.05) is 13.1 Å². The van der Waals surface area contributed by atoms with E-state index >= 15 is 0 Å². The lowest BCUT2D eigenvalue weighted by molar-refractivity contribution is 0.0763. The topological polar surface area (TPSA) is 44.1 Å². The van der Waals surface area contributed by atoms with E-state index in [1.165, 1.54) is 17.0 Å². The first-order valence-corrected chi connectivity index (χ1v) is 5.52. The zero-order chi connectivity index (χ0) is 12.8. The minimum atomic E-state index is -0.518. The first-order chi connectivity index (χ1) is 8.10. The van der Waals surface area contributed by atoms with Crippen LogP contribution in [0.25, 0.3) is 0 Å². The summed E-state index contributed by atoms with van der Waals surface area (Å²) in [6.07, 6.45) is 0.257. The van der Waals surface area contributed by atoms with E-state index in [-0.39, 0.29) is 17.9 Å². The highest BCUT2D eigenvalue weighted by Crippen LogP contribution is 2.13. The van der Waals surface area contributed by atoms with Gasteiger partial charge in [-0.05, 0) is 26.0 Å². The summed E-state index contributed by atoms with van der Waals surface area (Å²) in [5, 5.41) is 8.50. The van der Waals surface area contributed by atoms with Crippen LogP contribution >= 0.6 is 0 Å². The monoisotopic (exact) mass is 234 g/mol. The predicted octanol–water partition coefficient (Wildman–Crippen LogP) is 2.51. The van der Waals surface area contributed by atoms with Gasteiger partial charge >= 0.3 is 0 Å². The van der Waals surface area contributed by atoms with Gasteiger partial charge in [0.05, 0.1) is 18.1 Å². The number of benzene rings is 1. The maximum absolute atomic E-state index is 13.5. The molecule has 0 atom stereocenters. The third-order valence-electron chi connectivity index (χ3n) is 2.51. The van der Waals surface area contributed by atoms with Crippen LogP contribution in [0.15, 0.2) is 18.2 Å². The fourth-order valence-electron chi connectivity index (χ4n) is 1.56. The molecule has 0 saturated carbocycles. The molecule has 0 saturated heterocycles. The Morgan fingerprint density at radius 3 is 2.82 bits per heavy atom. The molecular formula is C13H15FN2O. The van der Waals surface area contributed by atoms with Crippen molar-refractivity contribution in [2.45, 2.75) is 20.3 Å². The molecule has 0 radical (unpaired) electrons. The first kappa shape index (κ1) is 13.2. The minimum absolute atomic E-state index is 0.0739. The van der Waals surface area contributed by atoms with Crippen molar-refractivity contribution in [3.8, 4) is 6.07 Å². The summed E-state index contributed by atoms with van der Waals surface area (Å²) in [4.78, 5) is 13.5. The van der Waals surface area contributed by atoms with Gasteiger partial charge in [0.1, 0.15) is 5.82 Å². The molecule has 4 heteroatoms. The van der Waals surface area contributed by atoms with E-state index in [1.54, 1.807) is 6.07 Å². The number of nitrogens with zero attached hydrogens (tertiary/aromatic N) is 2. The molecule has 1 rings (SSSR count). The van der Waals surface area contributed by atoms with E-state index < -0.39 is 5.82 Å². The van der Waals surface area contributed by atoms with Gasteiger partial charge in [-0.15, -0.1) is 0 Å². The van der Waals surface area contributed by atoms with Gasteiger partial charge in [-0.1, -0.05) is 11.6 Å². The molecule has 0 aromatic heterocycles. The Morgan fingerprint density at radius 1 is 1.53 bits per heavy atom. The molecule has 1 amide bonds. The number of halogens is 1. The van der Waals surface area contributed by atoms with Crippen molar-refractivity contribution in [1.29, 1.82) is 5.26 Å². The summed E-state index contributed by atoms with van der Waals surface area (Å²) in [5.41, 5.74) is 0.913. The van der Waals surface area contributed by atoms with Crippen molar-refractivity contribution in [2.24, 2.45) is 0 Å². The highest BCUT2D eigenvalue weighted by Gasteiger charge is 2.17. The maximum Gasteiger partial charge on any atom is 0.256 e. The van der Waals surface area contributed by atoms with E-state index in [0.29, 0.717) is 13.1 Å². The van der Waals surface area contributed by atoms with Crippen LogP contribution < -0.4 is 0 Å². The molecular weight excluding hydrogens is 219 g/mol. The molecule has 0 heterocycles. The Hall–Kier alpha value is -1.89. The summed E-state index contributed by atoms with van der Waals surface area (Å²) in [6, 6.07) is 6.43. The quantitative estimate of drug-likeness (QED) is 0.803. The van der Waals surface area contributed by atoms with Crippen LogP contribution in [0.4, 0.5) is 4.39 Å². The van der Waals surface area contributed by atoms with E-state index in [4.69, 9.17) is 5.26 Å². The molecule has 0 spiro atoms. The Balaban J connectivity index is 2.94. The number of amides is 1. The van der Waals surface area contributed by atoms with Crippen molar-refractivity contribution in [3.05, 3.63) is 35.1 Å². The number of aryl methyl sites for hydroxylation is 1. The maximum atomic E-state index is 13.5. The van der Waals surface area contributed by atoms with Crippen LogP contribution in [-0.4, -0.2) is 23.9 Å². The molecule has 0 N–H and O–H groups in total. The molecule has 3 nitrogen and oxygen atoms in total. The Bertz CT molecular complexity index is 451. The summed E-state index contributed by atoms with van der Waals surface area (Å²) in [6.45, 7) is 4.41. The first-order valence-electron chi connectivity index (χ1n) is 5.52. The van der Waals surface area contributed by atoms with Crippen LogP contribution in [0.3, 0.4) is 0 Å². The van der Waals surface area contributed by atoms with Gasteiger partial charge in [0.25, 0.3) is 5.91 Å². The zero-order valence-corrected chi connectivity index (χ0v) is 10.0. The number of hydrogen-bond donors (Lipinski definition) is 0. The lowest BCUT2D eigenvalue weighted by Gasteiger charge is -2.19. The smallest absolute Gasteiger partial charge is 0.256 e. The second-order valence-corrected chi connectivity index (χ2v) is 3.78. The zero-order valence-electron chi connectivity index (χ0n) is 10.0. The van der Waals surface area contributed by atoms with Gasteiger partial charge in [-0.25, -0.2) is 4.39 Å². The summed E-state index contributed by atoms with van der Waals surface area (Å²) in [5.74, 6) is -0.875. The van der Waals surface area contributed by atoms with Crippen molar-refractivity contribution in [1.82, 2.24) is 4.90 Å². The van der Waals surface area contributed by atoms with Crippen LogP contribution in [0.2, 0.25) is 0 Å². The summed E-state index contributed by atoms with van der Waals surface area (Å²) >= 11 is 0. The third-order valence-corrected chi connectivity index (χ3v) is 2.51. The number of rotatable bonds is 4. The van der Waals surface area contributed by atoms with Gasteiger partial charge in [-0.3, -0.25) is 4.79 Å². The highest BCUT2D eigenvalue weighted by molar-refractivity contribution is 5.94. The van der Waals surface area contributed by atoms with Crippen molar-refractivity contribution in [3.63, 3.8) is 0 Å². The standard InChI is InChI=1S/C13H15FN2O/c1-3-16(8-4-7-15)13(17)11-9-10(2)5-6-12(11)14/h5-6,9H,3-4,8H2,1-2H3. The molecule has 17 heavy (non-hydrogen) atoms. The normalized spacial score (nSPS) is 9.76. The molecule has 0 aliphatic rings. The minimum Gasteiger partial charge on any atom is -0.338 e. The van der Waals surface area contributed by atoms with E-state index in [0.717, 1.165) is 5.56 Å². The lowest BCUT2D eigenvalue weighted by Crippen LogP contribution is -2.32. The molecule has 0 fully saturated rings. The van der Waals surface area contributed by atoms with E-state index in [2.05, 4.69) is 0 Å². The molecule has 0 unspecified atom stereocenters. The van der Waals surface area contributed by atoms with Gasteiger partial charge in [0.2, 0.25) is 0 Å². The Morgan fingerprint density at radius 2 is 2.24 bits per heavy atom. The molecule has 0 aliphatic heterocycles. The number of nitriles is 1. The number of carbonyl (C=O) groups is 1. The van der Waals surface area contributed by atoms with Crippen LogP contribution in [0.1, 0.15) is 29.3 Å². The van der Waals surface area contributed by atoms with Gasteiger partial charge in [-0.2, -0.15) is 5.26 Å². The Kier molecular flexibility index (Phi) is 4.65. The fourth-order valence-corrected chi connectivity index (χ4v) is 1.56. The van der Waals surface area contributed by atoms with Gasteiger partial charge < -0.3 is 4.90 Å². The summed E-state index contributed by atoms with van der Waals surface area (Å²) < 4.78 is 13.5. The van der Waals surface area contributed by atoms with Crippen LogP contribution in [0.5, 0.6) is 0 Å². The van der Waals surface area contributed by atoms with Gasteiger partial charge in [0, 0.05) is 13.1 Å². The summed E-state index contributed by atoms with van der Waals surface area (Å²) in [7, 11) is 0. The van der Waals surface area contributed by atoms with Crippen LogP contribution in [-0.2, 0) is 0 Å². The SMILES string of the molecule is CCN(CCC#N)C(=O)c1cc(C)ccc1F. The highest BCUT2D eigenvalue weighted by atomic mass is 19.1. The fraction of sp³-hybridized carbons (Fsp3) is 0.385. The molecule has 1 aromatic rings. The Labute approximate surface area is 100 Å². The average Bonchev–Trinajstić information content (AvgIpc) is 2.33. The van der Waals surface area contributed by atoms with Crippen LogP contribution in [0, 0.1) is 24.1 Å². The van der Waals surface area contributed by atoms with Crippen molar-refractivity contribution < 1.29 is 9.18 Å². The van der Waals surface area contributed by atoms with E-state index in [9.17, 15) is 9.18 Å². The van der Waals surface area contributed by atoms with E-state index in [1.807, 2.05) is 19.9 Å². The molecule has 90 valence electrons. The number of carbonyl (C=O) groups excluding carboxylic acids is 1. The molecule has 1 aromatic carbocycles. The predicted molar refractivity (Wildman–Crippen MR) is 62.9 cm³/mol. The second-order valence-electron chi connectivity index (χ2n) is 3.78. The average molecular weight is 234 g/mol. The lowest BCUT2D eigenvalue weighted by atomic mass is 10.1. The third kappa shape index (κ3) is 3.28. The van der Waals surface area contributed by atoms with Gasteiger partial charge in [0.15, 0.2) is 0 Å².